The lowest BCUT2D eigenvalue weighted by Crippen LogP contribution is -2.16. The van der Waals surface area contributed by atoms with Crippen molar-refractivity contribution in [2.24, 2.45) is 0 Å². The Morgan fingerprint density at radius 2 is 1.29 bits per heavy atom. The fraction of sp³-hybridized carbons (Fsp3) is 0.571. The Morgan fingerprint density at radius 3 is 1.36 bits per heavy atom. The molecule has 0 aromatic carbocycles. The van der Waals surface area contributed by atoms with Gasteiger partial charge in [0.2, 0.25) is 0 Å². The molecule has 0 atom stereocenters. The molecule has 0 fully saturated rings. The first-order valence-electron chi connectivity index (χ1n) is 3.37. The van der Waals surface area contributed by atoms with Crippen molar-refractivity contribution in [2.75, 3.05) is 27.9 Å². The Balaban J connectivity index is 0. The summed E-state index contributed by atoms with van der Waals surface area (Å²) in [5.74, 6) is -2.56. The average Bonchev–Trinajstić information content (AvgIpc) is 2.26. The molecular formula is C7H12O7. The maximum atomic E-state index is 10.0. The topological polar surface area (TPSA) is 99.1 Å². The van der Waals surface area contributed by atoms with Crippen LogP contribution in [0.3, 0.4) is 0 Å². The average molecular weight is 208 g/mol. The molecule has 0 saturated heterocycles. The van der Waals surface area contributed by atoms with Gasteiger partial charge in [-0.25, -0.2) is 14.4 Å². The van der Waals surface area contributed by atoms with E-state index in [1.54, 1.807) is 0 Å². The fourth-order valence-corrected chi connectivity index (χ4v) is 0.231. The molecule has 0 spiro atoms. The van der Waals surface area contributed by atoms with E-state index in [-0.39, 0.29) is 0 Å². The largest absolute Gasteiger partial charge is 0.467 e. The van der Waals surface area contributed by atoms with Gasteiger partial charge in [0.05, 0.1) is 21.3 Å². The summed E-state index contributed by atoms with van der Waals surface area (Å²) < 4.78 is 12.0. The molecule has 0 aliphatic rings. The van der Waals surface area contributed by atoms with E-state index in [0.29, 0.717) is 0 Å². The second-order valence-electron chi connectivity index (χ2n) is 1.72. The standard InChI is InChI=1S/C4H6O4.C3H6O3/c1-7-3(5)4(6)8-2;1-6-3(5)2-4/h1-2H3;4H,2H2,1H3. The summed E-state index contributed by atoms with van der Waals surface area (Å²) in [4.78, 5) is 29.8. The molecule has 0 aliphatic heterocycles. The summed E-state index contributed by atoms with van der Waals surface area (Å²) in [5.41, 5.74) is 0. The summed E-state index contributed by atoms with van der Waals surface area (Å²) in [5, 5.41) is 7.86. The molecule has 1 N–H and O–H groups in total. The molecule has 0 radical (unpaired) electrons. The van der Waals surface area contributed by atoms with Crippen LogP contribution in [0.4, 0.5) is 0 Å². The van der Waals surface area contributed by atoms with Gasteiger partial charge in [-0.05, 0) is 0 Å². The number of esters is 3. The van der Waals surface area contributed by atoms with Gasteiger partial charge < -0.3 is 19.3 Å². The van der Waals surface area contributed by atoms with Crippen LogP contribution in [0, 0.1) is 0 Å². The van der Waals surface area contributed by atoms with Crippen molar-refractivity contribution in [3.63, 3.8) is 0 Å². The highest BCUT2D eigenvalue weighted by molar-refractivity contribution is 6.29. The molecule has 0 rings (SSSR count). The van der Waals surface area contributed by atoms with E-state index in [0.717, 1.165) is 14.2 Å². The molecule has 7 nitrogen and oxygen atoms in total. The Hall–Kier alpha value is -1.63. The van der Waals surface area contributed by atoms with Crippen LogP contribution in [0.5, 0.6) is 0 Å². The van der Waals surface area contributed by atoms with E-state index in [4.69, 9.17) is 5.11 Å². The highest BCUT2D eigenvalue weighted by Gasteiger charge is 2.11. The number of hydrogen-bond acceptors (Lipinski definition) is 7. The SMILES string of the molecule is COC(=O)C(=O)OC.COC(=O)CO. The molecule has 7 heteroatoms. The van der Waals surface area contributed by atoms with Gasteiger partial charge in [0.25, 0.3) is 0 Å². The number of methoxy groups -OCH3 is 3. The van der Waals surface area contributed by atoms with Crippen molar-refractivity contribution in [1.82, 2.24) is 0 Å². The molecule has 0 heterocycles. The minimum absolute atomic E-state index is 0.531. The van der Waals surface area contributed by atoms with Gasteiger partial charge in [-0.1, -0.05) is 0 Å². The van der Waals surface area contributed by atoms with Crippen LogP contribution >= 0.6 is 0 Å². The predicted molar refractivity (Wildman–Crippen MR) is 43.1 cm³/mol. The second kappa shape index (κ2) is 9.46. The third-order valence-electron chi connectivity index (χ3n) is 0.894. The number of ether oxygens (including phenoxy) is 3. The first-order valence-corrected chi connectivity index (χ1v) is 3.37. The Bertz CT molecular complexity index is 178. The fourth-order valence-electron chi connectivity index (χ4n) is 0.231. The monoisotopic (exact) mass is 208 g/mol. The zero-order valence-electron chi connectivity index (χ0n) is 8.10. The van der Waals surface area contributed by atoms with Gasteiger partial charge in [0.1, 0.15) is 6.61 Å². The summed E-state index contributed by atoms with van der Waals surface area (Å²) >= 11 is 0. The van der Waals surface area contributed by atoms with Crippen molar-refractivity contribution in [3.8, 4) is 0 Å². The molecule has 14 heavy (non-hydrogen) atoms. The molecule has 0 aliphatic carbocycles. The summed E-state index contributed by atoms with van der Waals surface area (Å²) in [7, 11) is 3.44. The van der Waals surface area contributed by atoms with Crippen molar-refractivity contribution < 1.29 is 33.7 Å². The molecule has 0 aromatic heterocycles. The zero-order valence-corrected chi connectivity index (χ0v) is 8.10. The van der Waals surface area contributed by atoms with E-state index < -0.39 is 24.5 Å². The number of carbonyl (C=O) groups excluding carboxylic acids is 3. The number of carbonyl (C=O) groups is 3. The molecular weight excluding hydrogens is 196 g/mol. The molecule has 0 unspecified atom stereocenters. The van der Waals surface area contributed by atoms with Gasteiger partial charge in [0, 0.05) is 0 Å². The van der Waals surface area contributed by atoms with Crippen molar-refractivity contribution >= 4 is 17.9 Å². The summed E-state index contributed by atoms with van der Waals surface area (Å²) in [6.45, 7) is -0.531. The quantitative estimate of drug-likeness (QED) is 0.317. The van der Waals surface area contributed by atoms with Crippen molar-refractivity contribution in [1.29, 1.82) is 0 Å². The van der Waals surface area contributed by atoms with E-state index in [1.165, 1.54) is 7.11 Å². The van der Waals surface area contributed by atoms with E-state index in [2.05, 4.69) is 14.2 Å². The number of rotatable bonds is 1. The zero-order chi connectivity index (χ0) is 11.6. The van der Waals surface area contributed by atoms with E-state index in [9.17, 15) is 14.4 Å². The van der Waals surface area contributed by atoms with Crippen molar-refractivity contribution in [3.05, 3.63) is 0 Å². The number of aliphatic hydroxyl groups is 1. The van der Waals surface area contributed by atoms with Crippen LogP contribution in [-0.2, 0) is 28.6 Å². The van der Waals surface area contributed by atoms with Gasteiger partial charge in [-0.3, -0.25) is 0 Å². The Morgan fingerprint density at radius 1 is 0.929 bits per heavy atom. The van der Waals surface area contributed by atoms with E-state index in [1.807, 2.05) is 0 Å². The lowest BCUT2D eigenvalue weighted by atomic mass is 10.7. The lowest BCUT2D eigenvalue weighted by Gasteiger charge is -1.92. The normalized spacial score (nSPS) is 7.71. The van der Waals surface area contributed by atoms with Crippen LogP contribution in [0.15, 0.2) is 0 Å². The first-order chi connectivity index (χ1) is 6.53. The maximum Gasteiger partial charge on any atom is 0.417 e. The van der Waals surface area contributed by atoms with Crippen molar-refractivity contribution in [2.45, 2.75) is 0 Å². The van der Waals surface area contributed by atoms with Gasteiger partial charge >= 0.3 is 17.9 Å². The highest BCUT2D eigenvalue weighted by Crippen LogP contribution is 1.75. The first kappa shape index (κ1) is 14.9. The highest BCUT2D eigenvalue weighted by atomic mass is 16.6. The lowest BCUT2D eigenvalue weighted by molar-refractivity contribution is -0.164. The minimum Gasteiger partial charge on any atom is -0.467 e. The molecule has 0 amide bonds. The molecule has 82 valence electrons. The number of hydrogen-bond donors (Lipinski definition) is 1. The Labute approximate surface area is 80.6 Å². The van der Waals surface area contributed by atoms with Crippen LogP contribution in [-0.4, -0.2) is 51.0 Å². The number of aliphatic hydroxyl groups excluding tert-OH is 1. The predicted octanol–water partition coefficient (Wildman–Crippen LogP) is -1.52. The minimum atomic E-state index is -0.979. The van der Waals surface area contributed by atoms with Crippen LogP contribution in [0.2, 0.25) is 0 Å². The molecule has 0 aromatic rings. The van der Waals surface area contributed by atoms with Crippen LogP contribution < -0.4 is 0 Å². The third-order valence-corrected chi connectivity index (χ3v) is 0.894. The van der Waals surface area contributed by atoms with Crippen LogP contribution in [0.25, 0.3) is 0 Å². The van der Waals surface area contributed by atoms with Crippen LogP contribution in [0.1, 0.15) is 0 Å². The smallest absolute Gasteiger partial charge is 0.417 e. The second-order valence-corrected chi connectivity index (χ2v) is 1.72. The summed E-state index contributed by atoms with van der Waals surface area (Å²) in [6, 6.07) is 0. The third kappa shape index (κ3) is 8.47. The Kier molecular flexibility index (Phi) is 10.0. The maximum absolute atomic E-state index is 10.0. The van der Waals surface area contributed by atoms with Gasteiger partial charge in [0.15, 0.2) is 0 Å². The molecule has 0 saturated carbocycles. The van der Waals surface area contributed by atoms with Gasteiger partial charge in [-0.2, -0.15) is 0 Å². The van der Waals surface area contributed by atoms with Gasteiger partial charge in [-0.15, -0.1) is 0 Å². The molecule has 0 bridgehead atoms. The summed E-state index contributed by atoms with van der Waals surface area (Å²) in [6.07, 6.45) is 0. The van der Waals surface area contributed by atoms with E-state index >= 15 is 0 Å².